The zero-order valence-corrected chi connectivity index (χ0v) is 26.3. The first-order chi connectivity index (χ1) is 20.4. The van der Waals surface area contributed by atoms with Crippen LogP contribution in [0, 0.1) is 5.41 Å². The van der Waals surface area contributed by atoms with Gasteiger partial charge in [0, 0.05) is 0 Å². The molecular formula is C28H29Cl2F3IN5O4. The fourth-order valence-corrected chi connectivity index (χ4v) is 11.1. The Morgan fingerprint density at radius 3 is 2.51 bits per heavy atom. The molecule has 0 bridgehead atoms. The number of amidine groups is 1. The summed E-state index contributed by atoms with van der Waals surface area (Å²) in [5, 5.41) is 31.1. The molecule has 4 N–H and O–H groups in total. The Morgan fingerprint density at radius 2 is 1.86 bits per heavy atom. The van der Waals surface area contributed by atoms with Crippen molar-refractivity contribution >= 4 is 66.5 Å². The number of hydrogen-bond donors (Lipinski definition) is 4. The quantitative estimate of drug-likeness (QED) is 0.101. The van der Waals surface area contributed by atoms with E-state index >= 15 is 0 Å². The first kappa shape index (κ1) is 33.2. The van der Waals surface area contributed by atoms with Gasteiger partial charge >= 0.3 is 253 Å². The number of hydrogen-bond acceptors (Lipinski definition) is 6. The van der Waals surface area contributed by atoms with Gasteiger partial charge in [0.2, 0.25) is 0 Å². The summed E-state index contributed by atoms with van der Waals surface area (Å²) in [7, 11) is 0. The van der Waals surface area contributed by atoms with Crippen molar-refractivity contribution in [3.8, 4) is 0 Å². The second-order valence-corrected chi connectivity index (χ2v) is 15.9. The normalized spacial score (nSPS) is 16.8. The number of benzene rings is 2. The fourth-order valence-electron chi connectivity index (χ4n) is 4.53. The summed E-state index contributed by atoms with van der Waals surface area (Å²) in [4.78, 5) is 32.4. The molecule has 232 valence electrons. The van der Waals surface area contributed by atoms with E-state index in [1.807, 2.05) is 24.3 Å². The molecule has 2 aliphatic heterocycles. The van der Waals surface area contributed by atoms with Gasteiger partial charge in [-0.2, -0.15) is 0 Å². The van der Waals surface area contributed by atoms with Crippen LogP contribution in [0.4, 0.5) is 18.0 Å². The van der Waals surface area contributed by atoms with E-state index in [0.717, 1.165) is 14.7 Å². The molecule has 2 aromatic rings. The summed E-state index contributed by atoms with van der Waals surface area (Å²) >= 11 is 10.3. The number of aliphatic hydroxyl groups excluding tert-OH is 2. The molecule has 0 saturated carbocycles. The van der Waals surface area contributed by atoms with Crippen LogP contribution >= 0.6 is 43.0 Å². The second kappa shape index (κ2) is 14.4. The number of amides is 3. The Morgan fingerprint density at radius 1 is 1.16 bits per heavy atom. The number of halogens is 6. The molecule has 0 fully saturated rings. The molecule has 3 amide bonds. The molecule has 9 nitrogen and oxygen atoms in total. The standard InChI is InChI=1S/C28H29Cl2F3IN5O4/c29-19-7-5-17(6-8-19)26(35)39(14-24(41)28(31,32)33)27(43)36-12-23-20-9-10-38(25(42)15-40)13-22(20)34(16-37-23)11-18-3-1-2-4-21(18)30/h1-8,24,35,40-41H,9-16H2,(H,36,43)/t24-/m0/s1. The Kier molecular flexibility index (Phi) is 11.1. The van der Waals surface area contributed by atoms with Gasteiger partial charge < -0.3 is 0 Å². The van der Waals surface area contributed by atoms with Crippen molar-refractivity contribution in [2.75, 3.05) is 37.3 Å². The van der Waals surface area contributed by atoms with Crippen molar-refractivity contribution in [1.29, 1.82) is 5.41 Å². The van der Waals surface area contributed by atoms with Crippen molar-refractivity contribution < 1.29 is 33.0 Å². The van der Waals surface area contributed by atoms with Crippen LogP contribution in [0.15, 0.2) is 62.7 Å². The first-order valence-electron chi connectivity index (χ1n) is 13.0. The number of alkyl halides is 5. The molecule has 15 heteroatoms. The summed E-state index contributed by atoms with van der Waals surface area (Å²) in [6.45, 7) is -1.27. The molecule has 0 spiro atoms. The van der Waals surface area contributed by atoms with E-state index in [-0.39, 0.29) is 12.1 Å². The molecular weight excluding hydrogens is 725 g/mol. The van der Waals surface area contributed by atoms with Crippen LogP contribution in [-0.4, -0.2) is 93.1 Å². The van der Waals surface area contributed by atoms with E-state index in [2.05, 4.69) is 5.32 Å². The van der Waals surface area contributed by atoms with Crippen molar-refractivity contribution in [3.05, 3.63) is 78.9 Å². The average molecular weight is 754 g/mol. The summed E-state index contributed by atoms with van der Waals surface area (Å²) in [5.74, 6) is -0.941. The average Bonchev–Trinajstić information content (AvgIpc) is 2.99. The van der Waals surface area contributed by atoms with Crippen molar-refractivity contribution in [2.24, 2.45) is 4.99 Å². The number of nitrogens with one attached hydrogen (secondary N) is 2. The van der Waals surface area contributed by atoms with Gasteiger partial charge in [-0.3, -0.25) is 0 Å². The number of aliphatic hydroxyl groups is 2. The molecule has 0 aromatic heterocycles. The summed E-state index contributed by atoms with van der Waals surface area (Å²) in [5.41, 5.74) is 2.53. The van der Waals surface area contributed by atoms with Crippen LogP contribution in [0.3, 0.4) is 0 Å². The van der Waals surface area contributed by atoms with Gasteiger partial charge in [0.05, 0.1) is 0 Å². The topological polar surface area (TPSA) is 129 Å². The van der Waals surface area contributed by atoms with Crippen LogP contribution in [0.25, 0.3) is 0 Å². The molecule has 0 aliphatic carbocycles. The molecule has 2 heterocycles. The fraction of sp³-hybridized carbons (Fsp3) is 0.357. The molecule has 2 aromatic carbocycles. The van der Waals surface area contributed by atoms with E-state index < -0.39 is 63.0 Å². The van der Waals surface area contributed by atoms with Gasteiger partial charge in [-0.1, -0.05) is 11.6 Å². The summed E-state index contributed by atoms with van der Waals surface area (Å²) < 4.78 is 41.9. The van der Waals surface area contributed by atoms with Gasteiger partial charge in [0.15, 0.2) is 0 Å². The minimum atomic E-state index is -5.01. The van der Waals surface area contributed by atoms with Crippen molar-refractivity contribution in [3.63, 3.8) is 0 Å². The summed E-state index contributed by atoms with van der Waals surface area (Å²) in [6, 6.07) is 12.1. The third kappa shape index (κ3) is 8.26. The Bertz CT molecular complexity index is 1440. The molecule has 0 radical (unpaired) electrons. The van der Waals surface area contributed by atoms with Crippen molar-refractivity contribution in [2.45, 2.75) is 23.1 Å². The third-order valence-electron chi connectivity index (χ3n) is 6.88. The molecule has 1 atom stereocenters. The van der Waals surface area contributed by atoms with Crippen LogP contribution < -0.4 is 5.32 Å². The first-order valence-corrected chi connectivity index (χ1v) is 17.9. The minimum absolute atomic E-state index is 0.129. The number of urea groups is 1. The molecule has 4 rings (SSSR count). The van der Waals surface area contributed by atoms with Gasteiger partial charge in [0.25, 0.3) is 0 Å². The van der Waals surface area contributed by atoms with Crippen LogP contribution in [-0.2, 0) is 9.22 Å². The summed E-state index contributed by atoms with van der Waals surface area (Å²) in [6.07, 6.45) is -7.45. The van der Waals surface area contributed by atoms with Crippen LogP contribution in [0.5, 0.6) is 0 Å². The van der Waals surface area contributed by atoms with E-state index in [4.69, 9.17) is 33.6 Å². The van der Waals surface area contributed by atoms with E-state index in [0.29, 0.717) is 49.1 Å². The number of aliphatic imine (C=N–C) groups is 1. The predicted octanol–water partition coefficient (Wildman–Crippen LogP) is 4.85. The SMILES string of the molecule is N=C(c1ccc(Cl)cc1)N(C[C@H](O)C(F)(F)F)C(=O)NCC1=NCI(Cc2ccccc2Cl)C2=C1CCN(C(=O)CO)C2. The van der Waals surface area contributed by atoms with Gasteiger partial charge in [-0.15, -0.1) is 0 Å². The number of nitrogens with zero attached hydrogens (tertiary/aromatic N) is 3. The Hall–Kier alpha value is -2.72. The van der Waals surface area contributed by atoms with Gasteiger partial charge in [-0.25, -0.2) is 0 Å². The molecule has 43 heavy (non-hydrogen) atoms. The maximum absolute atomic E-state index is 13.2. The number of carbonyl (C=O) groups excluding carboxylic acids is 2. The Balaban J connectivity index is 1.56. The van der Waals surface area contributed by atoms with Crippen molar-refractivity contribution in [1.82, 2.24) is 15.1 Å². The number of rotatable bonds is 8. The number of carbonyl (C=O) groups is 2. The molecule has 2 aliphatic rings. The zero-order chi connectivity index (χ0) is 31.3. The second-order valence-electron chi connectivity index (χ2n) is 9.69. The van der Waals surface area contributed by atoms with Crippen LogP contribution in [0.2, 0.25) is 10.0 Å². The maximum atomic E-state index is 13.2. The van der Waals surface area contributed by atoms with E-state index in [9.17, 15) is 33.0 Å². The molecule has 0 saturated heterocycles. The third-order valence-corrected chi connectivity index (χ3v) is 13.2. The molecule has 0 unspecified atom stereocenters. The zero-order valence-electron chi connectivity index (χ0n) is 22.7. The predicted molar refractivity (Wildman–Crippen MR) is 167 cm³/mol. The van der Waals surface area contributed by atoms with Gasteiger partial charge in [0.1, 0.15) is 0 Å². The van der Waals surface area contributed by atoms with Crippen LogP contribution in [0.1, 0.15) is 17.5 Å². The van der Waals surface area contributed by atoms with E-state index in [1.165, 1.54) is 24.3 Å². The van der Waals surface area contributed by atoms with Gasteiger partial charge in [-0.05, 0) is 0 Å². The van der Waals surface area contributed by atoms with E-state index in [1.54, 1.807) is 4.90 Å². The Labute approximate surface area is 263 Å². The monoisotopic (exact) mass is 753 g/mol.